The number of nitrogens with one attached hydrogen (secondary N) is 1. The molecule has 0 amide bonds. The van der Waals surface area contributed by atoms with Crippen molar-refractivity contribution in [3.05, 3.63) is 95.3 Å². The Labute approximate surface area is 166 Å². The molecule has 2 atom stereocenters. The normalized spacial score (nSPS) is 19.5. The fraction of sp³-hybridized carbons (Fsp3) is 0.280. The Morgan fingerprint density at radius 2 is 1.79 bits per heavy atom. The largest absolute Gasteiger partial charge is 0.373 e. The van der Waals surface area contributed by atoms with Crippen LogP contribution in [0.25, 0.3) is 11.1 Å². The van der Waals surface area contributed by atoms with Gasteiger partial charge in [0.25, 0.3) is 0 Å². The van der Waals surface area contributed by atoms with Gasteiger partial charge in [0.05, 0.1) is 12.7 Å². The molecule has 3 heteroatoms. The third kappa shape index (κ3) is 4.32. The average molecular weight is 375 g/mol. The van der Waals surface area contributed by atoms with Crippen LogP contribution in [-0.4, -0.2) is 19.2 Å². The number of hydrogen-bond acceptors (Lipinski definition) is 2. The van der Waals surface area contributed by atoms with Gasteiger partial charge in [0.2, 0.25) is 0 Å². The van der Waals surface area contributed by atoms with Gasteiger partial charge in [0.1, 0.15) is 5.82 Å². The Balaban J connectivity index is 1.49. The molecule has 144 valence electrons. The van der Waals surface area contributed by atoms with Crippen molar-refractivity contribution in [2.24, 2.45) is 0 Å². The van der Waals surface area contributed by atoms with Gasteiger partial charge in [-0.2, -0.15) is 0 Å². The van der Waals surface area contributed by atoms with Crippen LogP contribution in [0.15, 0.2) is 72.8 Å². The molecule has 0 radical (unpaired) electrons. The number of rotatable bonds is 5. The van der Waals surface area contributed by atoms with Crippen LogP contribution in [0.3, 0.4) is 0 Å². The molecule has 0 saturated carbocycles. The number of piperidine rings is 1. The first-order valence-electron chi connectivity index (χ1n) is 9.93. The molecular weight excluding hydrogens is 349 g/mol. The summed E-state index contributed by atoms with van der Waals surface area (Å²) in [4.78, 5) is 0. The molecule has 1 fully saturated rings. The lowest BCUT2D eigenvalue weighted by Gasteiger charge is -2.33. The molecule has 3 aromatic carbocycles. The van der Waals surface area contributed by atoms with Gasteiger partial charge < -0.3 is 10.1 Å². The Morgan fingerprint density at radius 3 is 2.61 bits per heavy atom. The van der Waals surface area contributed by atoms with Gasteiger partial charge in [-0.05, 0) is 65.9 Å². The number of ether oxygens (including phenoxy) is 1. The molecule has 0 spiro atoms. The highest BCUT2D eigenvalue weighted by molar-refractivity contribution is 5.63. The highest BCUT2D eigenvalue weighted by Crippen LogP contribution is 2.30. The summed E-state index contributed by atoms with van der Waals surface area (Å²) < 4.78 is 19.9. The van der Waals surface area contributed by atoms with E-state index in [4.69, 9.17) is 4.74 Å². The molecule has 3 aromatic rings. The molecular formula is C25H26FNO. The van der Waals surface area contributed by atoms with Crippen molar-refractivity contribution in [3.63, 3.8) is 0 Å². The molecule has 1 aliphatic rings. The van der Waals surface area contributed by atoms with Gasteiger partial charge >= 0.3 is 0 Å². The van der Waals surface area contributed by atoms with Crippen molar-refractivity contribution in [2.45, 2.75) is 32.0 Å². The molecule has 1 heterocycles. The van der Waals surface area contributed by atoms with Crippen molar-refractivity contribution in [3.8, 4) is 11.1 Å². The maximum atomic E-state index is 13.5. The maximum absolute atomic E-state index is 13.5. The first-order chi connectivity index (χ1) is 13.7. The van der Waals surface area contributed by atoms with E-state index in [1.54, 1.807) is 12.1 Å². The Bertz CT molecular complexity index is 925. The van der Waals surface area contributed by atoms with Gasteiger partial charge in [-0.15, -0.1) is 0 Å². The van der Waals surface area contributed by atoms with E-state index in [2.05, 4.69) is 53.8 Å². The van der Waals surface area contributed by atoms with Gasteiger partial charge in [-0.1, -0.05) is 54.6 Å². The van der Waals surface area contributed by atoms with Crippen LogP contribution in [0.5, 0.6) is 0 Å². The first kappa shape index (κ1) is 18.9. The fourth-order valence-electron chi connectivity index (χ4n) is 4.07. The Morgan fingerprint density at radius 1 is 0.964 bits per heavy atom. The van der Waals surface area contributed by atoms with E-state index in [-0.39, 0.29) is 17.8 Å². The smallest absolute Gasteiger partial charge is 0.123 e. The van der Waals surface area contributed by atoms with Crippen molar-refractivity contribution in [1.82, 2.24) is 5.32 Å². The third-order valence-electron chi connectivity index (χ3n) is 5.55. The van der Waals surface area contributed by atoms with Crippen molar-refractivity contribution in [2.75, 3.05) is 13.1 Å². The lowest BCUT2D eigenvalue weighted by Crippen LogP contribution is -2.40. The summed E-state index contributed by atoms with van der Waals surface area (Å²) in [6.07, 6.45) is 1.09. The summed E-state index contributed by atoms with van der Waals surface area (Å²) in [5.74, 6) is 0.0619. The van der Waals surface area contributed by atoms with Crippen LogP contribution >= 0.6 is 0 Å². The summed E-state index contributed by atoms with van der Waals surface area (Å²) in [6, 6.07) is 24.0. The number of aryl methyl sites for hydroxylation is 1. The van der Waals surface area contributed by atoms with Crippen LogP contribution in [0.2, 0.25) is 0 Å². The maximum Gasteiger partial charge on any atom is 0.123 e. The molecule has 0 aliphatic carbocycles. The van der Waals surface area contributed by atoms with E-state index in [1.807, 2.05) is 19.1 Å². The lowest BCUT2D eigenvalue weighted by atomic mass is 9.86. The Kier molecular flexibility index (Phi) is 5.84. The zero-order chi connectivity index (χ0) is 19.3. The zero-order valence-electron chi connectivity index (χ0n) is 16.2. The lowest BCUT2D eigenvalue weighted by molar-refractivity contribution is 0.00679. The minimum atomic E-state index is -0.180. The molecule has 4 rings (SSSR count). The molecule has 0 aromatic heterocycles. The van der Waals surface area contributed by atoms with Crippen molar-refractivity contribution >= 4 is 0 Å². The molecule has 0 bridgehead atoms. The van der Waals surface area contributed by atoms with Gasteiger partial charge in [0, 0.05) is 12.5 Å². The first-order valence-corrected chi connectivity index (χ1v) is 9.93. The summed E-state index contributed by atoms with van der Waals surface area (Å²) >= 11 is 0. The summed E-state index contributed by atoms with van der Waals surface area (Å²) in [5, 5.41) is 3.46. The highest BCUT2D eigenvalue weighted by atomic mass is 19.1. The monoisotopic (exact) mass is 375 g/mol. The van der Waals surface area contributed by atoms with E-state index in [0.29, 0.717) is 6.61 Å². The second kappa shape index (κ2) is 8.68. The van der Waals surface area contributed by atoms with Gasteiger partial charge in [-0.3, -0.25) is 0 Å². The highest BCUT2D eigenvalue weighted by Gasteiger charge is 2.28. The van der Waals surface area contributed by atoms with Crippen LogP contribution in [0.1, 0.15) is 29.0 Å². The van der Waals surface area contributed by atoms with Gasteiger partial charge in [-0.25, -0.2) is 4.39 Å². The van der Waals surface area contributed by atoms with Crippen molar-refractivity contribution < 1.29 is 9.13 Å². The topological polar surface area (TPSA) is 21.3 Å². The standard InChI is InChI=1S/C25H26FNO/c1-18-14-22(26)10-11-23(18)24-16-27-13-12-25(24)28-17-19-6-5-9-21(15-19)20-7-3-2-4-8-20/h2-11,14-15,24-25,27H,12-13,16-17H2,1H3. The minimum absolute atomic E-state index is 0.130. The van der Waals surface area contributed by atoms with Crippen molar-refractivity contribution in [1.29, 1.82) is 0 Å². The number of hydrogen-bond donors (Lipinski definition) is 1. The second-order valence-corrected chi connectivity index (χ2v) is 7.52. The molecule has 2 nitrogen and oxygen atoms in total. The minimum Gasteiger partial charge on any atom is -0.373 e. The quantitative estimate of drug-likeness (QED) is 0.639. The van der Waals surface area contributed by atoms with Crippen LogP contribution in [-0.2, 0) is 11.3 Å². The SMILES string of the molecule is Cc1cc(F)ccc1C1CNCCC1OCc1cccc(-c2ccccc2)c1. The fourth-order valence-corrected chi connectivity index (χ4v) is 4.07. The molecule has 1 saturated heterocycles. The number of halogens is 1. The third-order valence-corrected chi connectivity index (χ3v) is 5.55. The van der Waals surface area contributed by atoms with E-state index < -0.39 is 0 Å². The predicted molar refractivity (Wildman–Crippen MR) is 112 cm³/mol. The van der Waals surface area contributed by atoms with Crippen LogP contribution in [0, 0.1) is 12.7 Å². The second-order valence-electron chi connectivity index (χ2n) is 7.52. The zero-order valence-corrected chi connectivity index (χ0v) is 16.2. The summed E-state index contributed by atoms with van der Waals surface area (Å²) in [7, 11) is 0. The van der Waals surface area contributed by atoms with Crippen LogP contribution in [0.4, 0.5) is 4.39 Å². The molecule has 1 aliphatic heterocycles. The average Bonchev–Trinajstić information content (AvgIpc) is 2.74. The van der Waals surface area contributed by atoms with E-state index in [9.17, 15) is 4.39 Å². The van der Waals surface area contributed by atoms with E-state index >= 15 is 0 Å². The summed E-state index contributed by atoms with van der Waals surface area (Å²) in [5.41, 5.74) is 5.77. The van der Waals surface area contributed by atoms with E-state index in [1.165, 1.54) is 22.3 Å². The Hall–Kier alpha value is -2.49. The summed E-state index contributed by atoms with van der Waals surface area (Å²) in [6.45, 7) is 4.38. The van der Waals surface area contributed by atoms with Gasteiger partial charge in [0.15, 0.2) is 0 Å². The molecule has 2 unspecified atom stereocenters. The van der Waals surface area contributed by atoms with E-state index in [0.717, 1.165) is 25.1 Å². The molecule has 28 heavy (non-hydrogen) atoms. The molecule has 1 N–H and O–H groups in total. The predicted octanol–water partition coefficient (Wildman–Crippen LogP) is 5.46. The van der Waals surface area contributed by atoms with Crippen LogP contribution < -0.4 is 5.32 Å². The number of benzene rings is 3.